The van der Waals surface area contributed by atoms with Gasteiger partial charge in [-0.1, -0.05) is 63.1 Å². The number of hydrogen-bond acceptors (Lipinski definition) is 7. The van der Waals surface area contributed by atoms with E-state index in [1.807, 2.05) is 36.4 Å². The lowest BCUT2D eigenvalue weighted by Crippen LogP contribution is -2.40. The number of aromatic nitrogens is 2. The van der Waals surface area contributed by atoms with Crippen LogP contribution < -0.4 is 4.90 Å². The predicted molar refractivity (Wildman–Crippen MR) is 153 cm³/mol. The standard InChI is InChI=1S/C31H44N4O4/c1-3-5-22-37-30(38-23-6-4-2)27-16-18-34(19-17-27)29-13-12-28(32-33-29)26-14-20-35(21-15-26)31(36)39-24-25-10-8-7-9-11-25/h7-14,27,30H,3-6,15-24H2,1-2H3. The SMILES string of the molecule is CCCCOC(OCCCC)C1CCN(c2ccc(C3=CCN(C(=O)OCc4ccccc4)CC3)nn2)CC1. The molecule has 2 aliphatic heterocycles. The third-order valence-electron chi connectivity index (χ3n) is 7.46. The first-order valence-corrected chi connectivity index (χ1v) is 14.6. The van der Waals surface area contributed by atoms with E-state index in [0.717, 1.165) is 93.9 Å². The smallest absolute Gasteiger partial charge is 0.410 e. The van der Waals surface area contributed by atoms with E-state index in [1.165, 1.54) is 0 Å². The summed E-state index contributed by atoms with van der Waals surface area (Å²) in [5.74, 6) is 1.33. The van der Waals surface area contributed by atoms with Gasteiger partial charge in [0.15, 0.2) is 12.1 Å². The summed E-state index contributed by atoms with van der Waals surface area (Å²) in [6.45, 7) is 9.16. The molecule has 8 nitrogen and oxygen atoms in total. The van der Waals surface area contributed by atoms with Crippen LogP contribution >= 0.6 is 0 Å². The number of carbonyl (C=O) groups is 1. The molecule has 1 aromatic heterocycles. The van der Waals surface area contributed by atoms with Gasteiger partial charge in [-0.05, 0) is 55.4 Å². The Morgan fingerprint density at radius 3 is 2.26 bits per heavy atom. The number of ether oxygens (including phenoxy) is 3. The topological polar surface area (TPSA) is 77.0 Å². The largest absolute Gasteiger partial charge is 0.445 e. The number of carbonyl (C=O) groups excluding carboxylic acids is 1. The normalized spacial score (nSPS) is 16.4. The van der Waals surface area contributed by atoms with Crippen LogP contribution in [-0.2, 0) is 20.8 Å². The van der Waals surface area contributed by atoms with Gasteiger partial charge in [0.2, 0.25) is 0 Å². The fourth-order valence-electron chi connectivity index (χ4n) is 4.95. The number of hydrogen-bond donors (Lipinski definition) is 0. The molecule has 0 radical (unpaired) electrons. The third-order valence-corrected chi connectivity index (χ3v) is 7.46. The summed E-state index contributed by atoms with van der Waals surface area (Å²) >= 11 is 0. The van der Waals surface area contributed by atoms with Crippen molar-refractivity contribution in [2.45, 2.75) is 71.7 Å². The molecule has 8 heteroatoms. The Balaban J connectivity index is 1.24. The fourth-order valence-corrected chi connectivity index (χ4v) is 4.95. The minimum atomic E-state index is -0.284. The summed E-state index contributed by atoms with van der Waals surface area (Å²) in [7, 11) is 0. The number of piperidine rings is 1. The third kappa shape index (κ3) is 8.77. The second-order valence-electron chi connectivity index (χ2n) is 10.4. The molecule has 0 aliphatic carbocycles. The summed E-state index contributed by atoms with van der Waals surface area (Å²) in [6, 6.07) is 13.9. The van der Waals surface area contributed by atoms with Gasteiger partial charge in [0.1, 0.15) is 6.61 Å². The van der Waals surface area contributed by atoms with Gasteiger partial charge >= 0.3 is 6.09 Å². The molecule has 0 atom stereocenters. The highest BCUT2D eigenvalue weighted by Gasteiger charge is 2.29. The highest BCUT2D eigenvalue weighted by atomic mass is 16.7. The van der Waals surface area contributed by atoms with Gasteiger partial charge in [0.05, 0.1) is 5.69 Å². The van der Waals surface area contributed by atoms with E-state index in [-0.39, 0.29) is 19.0 Å². The highest BCUT2D eigenvalue weighted by Crippen LogP contribution is 2.28. The van der Waals surface area contributed by atoms with E-state index in [4.69, 9.17) is 14.2 Å². The maximum atomic E-state index is 12.5. The molecule has 39 heavy (non-hydrogen) atoms. The summed E-state index contributed by atoms with van der Waals surface area (Å²) in [4.78, 5) is 16.5. The Morgan fingerprint density at radius 2 is 1.67 bits per heavy atom. The average molecular weight is 537 g/mol. The lowest BCUT2D eigenvalue weighted by atomic mass is 9.96. The predicted octanol–water partition coefficient (Wildman–Crippen LogP) is 6.08. The van der Waals surface area contributed by atoms with Crippen molar-refractivity contribution in [1.29, 1.82) is 0 Å². The summed E-state index contributed by atoms with van der Waals surface area (Å²) in [6.07, 6.45) is 8.84. The molecule has 1 saturated heterocycles. The molecule has 2 aromatic rings. The molecule has 0 bridgehead atoms. The Bertz CT molecular complexity index is 1010. The van der Waals surface area contributed by atoms with Crippen molar-refractivity contribution < 1.29 is 19.0 Å². The molecule has 0 unspecified atom stereocenters. The number of anilines is 1. The number of nitrogens with zero attached hydrogens (tertiary/aromatic N) is 4. The van der Waals surface area contributed by atoms with E-state index in [1.54, 1.807) is 4.90 Å². The number of amides is 1. The summed E-state index contributed by atoms with van der Waals surface area (Å²) in [5.41, 5.74) is 2.98. The van der Waals surface area contributed by atoms with Crippen LogP contribution in [0.25, 0.3) is 5.57 Å². The zero-order chi connectivity index (χ0) is 27.3. The number of rotatable bonds is 13. The molecule has 212 valence electrons. The maximum absolute atomic E-state index is 12.5. The van der Waals surface area contributed by atoms with Crippen molar-refractivity contribution in [2.75, 3.05) is 44.3 Å². The monoisotopic (exact) mass is 536 g/mol. The van der Waals surface area contributed by atoms with Crippen LogP contribution in [0.2, 0.25) is 0 Å². The number of benzene rings is 1. The van der Waals surface area contributed by atoms with Crippen LogP contribution in [0.1, 0.15) is 70.1 Å². The van der Waals surface area contributed by atoms with Crippen molar-refractivity contribution in [2.24, 2.45) is 5.92 Å². The molecule has 3 heterocycles. The van der Waals surface area contributed by atoms with Gasteiger partial charge in [-0.3, -0.25) is 0 Å². The van der Waals surface area contributed by atoms with E-state index < -0.39 is 0 Å². The van der Waals surface area contributed by atoms with Crippen LogP contribution in [0.4, 0.5) is 10.6 Å². The Kier molecular flexibility index (Phi) is 11.6. The molecule has 0 N–H and O–H groups in total. The van der Waals surface area contributed by atoms with Gasteiger partial charge in [-0.2, -0.15) is 0 Å². The zero-order valence-corrected chi connectivity index (χ0v) is 23.6. The van der Waals surface area contributed by atoms with Crippen LogP contribution in [0.3, 0.4) is 0 Å². The lowest BCUT2D eigenvalue weighted by molar-refractivity contribution is -0.177. The minimum absolute atomic E-state index is 0.105. The van der Waals surface area contributed by atoms with Crippen LogP contribution in [0, 0.1) is 5.92 Å². The van der Waals surface area contributed by atoms with Gasteiger partial charge in [0, 0.05) is 45.3 Å². The van der Waals surface area contributed by atoms with Crippen molar-refractivity contribution in [3.05, 3.63) is 59.8 Å². The average Bonchev–Trinajstić information content (AvgIpc) is 3.00. The van der Waals surface area contributed by atoms with Crippen molar-refractivity contribution >= 4 is 17.5 Å². The summed E-state index contributed by atoms with van der Waals surface area (Å²) in [5, 5.41) is 9.09. The van der Waals surface area contributed by atoms with Gasteiger partial charge in [-0.25, -0.2) is 4.79 Å². The Hall–Kier alpha value is -2.97. The number of unbranched alkanes of at least 4 members (excludes halogenated alkanes) is 2. The molecular formula is C31H44N4O4. The first-order chi connectivity index (χ1) is 19.2. The quantitative estimate of drug-likeness (QED) is 0.227. The first kappa shape index (κ1) is 29.0. The molecule has 2 aliphatic rings. The van der Waals surface area contributed by atoms with Crippen LogP contribution in [0.15, 0.2) is 48.5 Å². The molecule has 1 amide bonds. The Morgan fingerprint density at radius 1 is 0.949 bits per heavy atom. The van der Waals surface area contributed by atoms with Gasteiger partial charge in [0.25, 0.3) is 0 Å². The van der Waals surface area contributed by atoms with Gasteiger partial charge in [-0.15, -0.1) is 10.2 Å². The molecule has 1 fully saturated rings. The first-order valence-electron chi connectivity index (χ1n) is 14.6. The molecular weight excluding hydrogens is 492 g/mol. The zero-order valence-electron chi connectivity index (χ0n) is 23.6. The molecule has 0 saturated carbocycles. The van der Waals surface area contributed by atoms with Crippen molar-refractivity contribution in [3.8, 4) is 0 Å². The van der Waals surface area contributed by atoms with Crippen molar-refractivity contribution in [1.82, 2.24) is 15.1 Å². The van der Waals surface area contributed by atoms with E-state index in [0.29, 0.717) is 19.0 Å². The van der Waals surface area contributed by atoms with Gasteiger partial charge < -0.3 is 24.0 Å². The highest BCUT2D eigenvalue weighted by molar-refractivity contribution is 5.71. The second-order valence-corrected chi connectivity index (χ2v) is 10.4. The molecule has 1 aromatic carbocycles. The molecule has 0 spiro atoms. The second kappa shape index (κ2) is 15.6. The van der Waals surface area contributed by atoms with Crippen LogP contribution in [-0.4, -0.2) is 66.9 Å². The fraction of sp³-hybridized carbons (Fsp3) is 0.581. The summed E-state index contributed by atoms with van der Waals surface area (Å²) < 4.78 is 17.8. The Labute approximate surface area is 233 Å². The van der Waals surface area contributed by atoms with Crippen molar-refractivity contribution in [3.63, 3.8) is 0 Å². The molecule has 4 rings (SSSR count). The van der Waals surface area contributed by atoms with E-state index in [2.05, 4.69) is 41.1 Å². The lowest BCUT2D eigenvalue weighted by Gasteiger charge is -2.36. The van der Waals surface area contributed by atoms with Crippen LogP contribution in [0.5, 0.6) is 0 Å². The van der Waals surface area contributed by atoms with E-state index >= 15 is 0 Å². The van der Waals surface area contributed by atoms with E-state index in [9.17, 15) is 4.79 Å². The minimum Gasteiger partial charge on any atom is -0.445 e. The maximum Gasteiger partial charge on any atom is 0.410 e.